The molecule has 0 unspecified atom stereocenters. The SMILES string of the molecule is O=C(Nc1cccc(F)c1)c1ccc(Cc2ccc3c(ccn3CCCCl)c2)cc1. The minimum Gasteiger partial charge on any atom is -0.347 e. The van der Waals surface area contributed by atoms with Crippen LogP contribution in [0.3, 0.4) is 0 Å². The Bertz CT molecular complexity index is 1170. The smallest absolute Gasteiger partial charge is 0.255 e. The Balaban J connectivity index is 1.43. The molecular weight excluding hydrogens is 399 g/mol. The first-order valence-corrected chi connectivity index (χ1v) is 10.5. The first-order valence-electron chi connectivity index (χ1n) is 9.92. The van der Waals surface area contributed by atoms with Gasteiger partial charge >= 0.3 is 0 Å². The minimum absolute atomic E-state index is 0.258. The van der Waals surface area contributed by atoms with E-state index in [1.807, 2.05) is 12.1 Å². The summed E-state index contributed by atoms with van der Waals surface area (Å²) in [6.07, 6.45) is 3.84. The molecule has 3 nitrogen and oxygen atoms in total. The largest absolute Gasteiger partial charge is 0.347 e. The van der Waals surface area contributed by atoms with Gasteiger partial charge in [-0.05, 0) is 77.9 Å². The van der Waals surface area contributed by atoms with Crippen molar-refractivity contribution in [2.45, 2.75) is 19.4 Å². The zero-order valence-electron chi connectivity index (χ0n) is 16.4. The second-order valence-electron chi connectivity index (χ2n) is 7.28. The number of nitrogens with zero attached hydrogens (tertiary/aromatic N) is 1. The van der Waals surface area contributed by atoms with E-state index in [-0.39, 0.29) is 11.7 Å². The number of fused-ring (bicyclic) bond motifs is 1. The van der Waals surface area contributed by atoms with Crippen molar-refractivity contribution in [1.82, 2.24) is 4.57 Å². The zero-order valence-corrected chi connectivity index (χ0v) is 17.2. The van der Waals surface area contributed by atoms with Crippen molar-refractivity contribution < 1.29 is 9.18 Å². The fourth-order valence-electron chi connectivity index (χ4n) is 3.56. The average molecular weight is 421 g/mol. The normalized spacial score (nSPS) is 11.0. The molecule has 0 saturated heterocycles. The number of hydrogen-bond acceptors (Lipinski definition) is 1. The number of anilines is 1. The lowest BCUT2D eigenvalue weighted by atomic mass is 10.0. The van der Waals surface area contributed by atoms with Gasteiger partial charge in [-0.25, -0.2) is 4.39 Å². The second-order valence-corrected chi connectivity index (χ2v) is 7.66. The van der Waals surface area contributed by atoms with Crippen LogP contribution in [0, 0.1) is 5.82 Å². The van der Waals surface area contributed by atoms with Crippen molar-refractivity contribution in [1.29, 1.82) is 0 Å². The van der Waals surface area contributed by atoms with Crippen LogP contribution in [0.25, 0.3) is 10.9 Å². The third kappa shape index (κ3) is 4.71. The predicted molar refractivity (Wildman–Crippen MR) is 121 cm³/mol. The van der Waals surface area contributed by atoms with E-state index in [1.54, 1.807) is 24.3 Å². The van der Waals surface area contributed by atoms with Crippen molar-refractivity contribution in [3.63, 3.8) is 0 Å². The summed E-state index contributed by atoms with van der Waals surface area (Å²) in [7, 11) is 0. The first kappa shape index (κ1) is 20.2. The quantitative estimate of drug-likeness (QED) is 0.352. The minimum atomic E-state index is -0.380. The molecule has 152 valence electrons. The maximum absolute atomic E-state index is 13.3. The van der Waals surface area contributed by atoms with Gasteiger partial charge in [0.25, 0.3) is 5.91 Å². The third-order valence-corrected chi connectivity index (χ3v) is 5.34. The molecule has 1 N–H and O–H groups in total. The standard InChI is InChI=1S/C25H22ClFN2O/c26-12-2-13-29-14-11-21-16-19(7-10-24(21)29)15-18-5-8-20(9-6-18)25(30)28-23-4-1-3-22(27)17-23/h1,3-11,14,16-17H,2,12-13,15H2,(H,28,30). The molecule has 0 aliphatic heterocycles. The molecule has 0 fully saturated rings. The van der Waals surface area contributed by atoms with Gasteiger partial charge in [-0.15, -0.1) is 11.6 Å². The number of carbonyl (C=O) groups excluding carboxylic acids is 1. The molecule has 0 spiro atoms. The Hall–Kier alpha value is -3.11. The van der Waals surface area contributed by atoms with E-state index >= 15 is 0 Å². The molecule has 1 aromatic heterocycles. The highest BCUT2D eigenvalue weighted by atomic mass is 35.5. The lowest BCUT2D eigenvalue weighted by Gasteiger charge is -2.08. The second kappa shape index (κ2) is 9.14. The highest BCUT2D eigenvalue weighted by molar-refractivity contribution is 6.17. The molecule has 0 bridgehead atoms. The summed E-state index contributed by atoms with van der Waals surface area (Å²) < 4.78 is 15.5. The number of benzene rings is 3. The number of amides is 1. The molecule has 4 rings (SSSR count). The van der Waals surface area contributed by atoms with Crippen LogP contribution in [0.15, 0.2) is 79.0 Å². The van der Waals surface area contributed by atoms with Crippen LogP contribution in [-0.4, -0.2) is 16.4 Å². The Morgan fingerprint density at radius 1 is 0.967 bits per heavy atom. The average Bonchev–Trinajstić information content (AvgIpc) is 3.15. The van der Waals surface area contributed by atoms with Crippen LogP contribution in [0.5, 0.6) is 0 Å². The molecule has 5 heteroatoms. The summed E-state index contributed by atoms with van der Waals surface area (Å²) in [4.78, 5) is 12.4. The third-order valence-electron chi connectivity index (χ3n) is 5.07. The maximum Gasteiger partial charge on any atom is 0.255 e. The lowest BCUT2D eigenvalue weighted by Crippen LogP contribution is -2.11. The van der Waals surface area contributed by atoms with E-state index in [2.05, 4.69) is 40.3 Å². The summed E-state index contributed by atoms with van der Waals surface area (Å²) in [6.45, 7) is 0.922. The number of carbonyl (C=O) groups is 1. The monoisotopic (exact) mass is 420 g/mol. The molecule has 0 radical (unpaired) electrons. The maximum atomic E-state index is 13.3. The van der Waals surface area contributed by atoms with Gasteiger partial charge in [-0.3, -0.25) is 4.79 Å². The number of aromatic nitrogens is 1. The number of nitrogens with one attached hydrogen (secondary N) is 1. The molecule has 1 amide bonds. The van der Waals surface area contributed by atoms with Gasteiger partial charge in [0.05, 0.1) is 0 Å². The van der Waals surface area contributed by atoms with Crippen LogP contribution in [0.1, 0.15) is 27.9 Å². The van der Waals surface area contributed by atoms with E-state index in [1.165, 1.54) is 28.6 Å². The number of halogens is 2. The molecule has 0 atom stereocenters. The van der Waals surface area contributed by atoms with Crippen molar-refractivity contribution in [2.24, 2.45) is 0 Å². The van der Waals surface area contributed by atoms with Gasteiger partial charge < -0.3 is 9.88 Å². The molecule has 4 aromatic rings. The van der Waals surface area contributed by atoms with Gasteiger partial charge in [0.15, 0.2) is 0 Å². The highest BCUT2D eigenvalue weighted by Crippen LogP contribution is 2.21. The molecule has 0 aliphatic carbocycles. The Kier molecular flexibility index (Phi) is 6.15. The van der Waals surface area contributed by atoms with Gasteiger partial charge in [0, 0.05) is 35.4 Å². The molecule has 0 saturated carbocycles. The topological polar surface area (TPSA) is 34.0 Å². The molecular formula is C25H22ClFN2O. The van der Waals surface area contributed by atoms with Crippen molar-refractivity contribution >= 4 is 34.1 Å². The zero-order chi connectivity index (χ0) is 20.9. The van der Waals surface area contributed by atoms with Gasteiger partial charge in [-0.2, -0.15) is 0 Å². The summed E-state index contributed by atoms with van der Waals surface area (Å²) in [5, 5.41) is 3.93. The number of rotatable bonds is 7. The Morgan fingerprint density at radius 2 is 1.77 bits per heavy atom. The van der Waals surface area contributed by atoms with Crippen molar-refractivity contribution in [3.8, 4) is 0 Å². The molecule has 0 aliphatic rings. The number of hydrogen-bond donors (Lipinski definition) is 1. The molecule has 1 heterocycles. The van der Waals surface area contributed by atoms with Crippen LogP contribution in [0.4, 0.5) is 10.1 Å². The van der Waals surface area contributed by atoms with Crippen LogP contribution >= 0.6 is 11.6 Å². The fraction of sp³-hybridized carbons (Fsp3) is 0.160. The van der Waals surface area contributed by atoms with Gasteiger partial charge in [-0.1, -0.05) is 24.3 Å². The Morgan fingerprint density at radius 3 is 2.53 bits per heavy atom. The number of alkyl halides is 1. The lowest BCUT2D eigenvalue weighted by molar-refractivity contribution is 0.102. The highest BCUT2D eigenvalue weighted by Gasteiger charge is 2.08. The molecule has 30 heavy (non-hydrogen) atoms. The predicted octanol–water partition coefficient (Wildman–Crippen LogP) is 6.25. The summed E-state index contributed by atoms with van der Waals surface area (Å²) in [5.41, 5.74) is 4.53. The molecule has 3 aromatic carbocycles. The Labute approximate surface area is 180 Å². The van der Waals surface area contributed by atoms with E-state index < -0.39 is 0 Å². The van der Waals surface area contributed by atoms with E-state index in [4.69, 9.17) is 11.6 Å². The van der Waals surface area contributed by atoms with E-state index in [0.717, 1.165) is 24.9 Å². The number of aryl methyl sites for hydroxylation is 1. The summed E-state index contributed by atoms with van der Waals surface area (Å²) in [5.74, 6) is 0.0231. The van der Waals surface area contributed by atoms with Crippen LogP contribution in [-0.2, 0) is 13.0 Å². The fourth-order valence-corrected chi connectivity index (χ4v) is 3.68. The summed E-state index contributed by atoms with van der Waals surface area (Å²) >= 11 is 5.81. The van der Waals surface area contributed by atoms with Crippen LogP contribution in [0.2, 0.25) is 0 Å². The van der Waals surface area contributed by atoms with E-state index in [9.17, 15) is 9.18 Å². The van der Waals surface area contributed by atoms with Gasteiger partial charge in [0.2, 0.25) is 0 Å². The summed E-state index contributed by atoms with van der Waals surface area (Å²) in [6, 6.07) is 22.0. The van der Waals surface area contributed by atoms with Crippen molar-refractivity contribution in [3.05, 3.63) is 102 Å². The van der Waals surface area contributed by atoms with Crippen LogP contribution < -0.4 is 5.32 Å². The van der Waals surface area contributed by atoms with Gasteiger partial charge in [0.1, 0.15) is 5.82 Å². The van der Waals surface area contributed by atoms with Crippen molar-refractivity contribution in [2.75, 3.05) is 11.2 Å². The van der Waals surface area contributed by atoms with E-state index in [0.29, 0.717) is 17.1 Å². The first-order chi connectivity index (χ1) is 14.6.